The van der Waals surface area contributed by atoms with Gasteiger partial charge < -0.3 is 14.4 Å². The van der Waals surface area contributed by atoms with E-state index in [9.17, 15) is 9.59 Å². The molecule has 0 aliphatic rings. The summed E-state index contributed by atoms with van der Waals surface area (Å²) in [6, 6.07) is 3.97. The lowest BCUT2D eigenvalue weighted by molar-refractivity contribution is -0.145. The first-order valence-electron chi connectivity index (χ1n) is 8.96. The number of nitrogens with zero attached hydrogens (tertiary/aromatic N) is 3. The summed E-state index contributed by atoms with van der Waals surface area (Å²) in [4.78, 5) is 29.1. The molecule has 0 bridgehead atoms. The van der Waals surface area contributed by atoms with Crippen LogP contribution in [0.2, 0.25) is 0 Å². The van der Waals surface area contributed by atoms with E-state index >= 15 is 0 Å². The Morgan fingerprint density at radius 1 is 1.35 bits per heavy atom. The Balaban J connectivity index is 2.95. The number of halogens is 1. The van der Waals surface area contributed by atoms with Crippen LogP contribution in [0.15, 0.2) is 31.0 Å². The Labute approximate surface area is 162 Å². The van der Waals surface area contributed by atoms with Crippen molar-refractivity contribution in [1.29, 1.82) is 0 Å². The highest BCUT2D eigenvalue weighted by Gasteiger charge is 2.32. The summed E-state index contributed by atoms with van der Waals surface area (Å²) in [7, 11) is 1.96. The van der Waals surface area contributed by atoms with Crippen molar-refractivity contribution in [3.63, 3.8) is 0 Å². The lowest BCUT2D eigenvalue weighted by atomic mass is 9.94. The molecule has 6 heteroatoms. The average Bonchev–Trinajstić information content (AvgIpc) is 2.97. The van der Waals surface area contributed by atoms with Gasteiger partial charge in [-0.25, -0.2) is 0 Å². The van der Waals surface area contributed by atoms with Gasteiger partial charge in [-0.15, -0.1) is 18.2 Å². The van der Waals surface area contributed by atoms with Crippen molar-refractivity contribution in [1.82, 2.24) is 14.4 Å². The number of aromatic nitrogens is 1. The Bertz CT molecular complexity index is 622. The van der Waals surface area contributed by atoms with Crippen LogP contribution in [0.4, 0.5) is 0 Å². The number of amides is 2. The number of hydrogen-bond donors (Lipinski definition) is 0. The summed E-state index contributed by atoms with van der Waals surface area (Å²) in [5, 5.41) is 0. The van der Waals surface area contributed by atoms with Gasteiger partial charge >= 0.3 is 0 Å². The van der Waals surface area contributed by atoms with Gasteiger partial charge in [-0.2, -0.15) is 0 Å². The normalized spacial score (nSPS) is 11.5. The van der Waals surface area contributed by atoms with Crippen molar-refractivity contribution in [3.05, 3.63) is 36.7 Å². The Morgan fingerprint density at radius 3 is 2.46 bits per heavy atom. The zero-order valence-corrected chi connectivity index (χ0v) is 17.4. The summed E-state index contributed by atoms with van der Waals surface area (Å²) < 4.78 is 2.00. The van der Waals surface area contributed by atoms with Crippen LogP contribution in [0.25, 0.3) is 0 Å². The van der Waals surface area contributed by atoms with E-state index in [1.807, 2.05) is 34.8 Å². The molecule has 0 fully saturated rings. The third-order valence-corrected chi connectivity index (χ3v) is 4.89. The molecule has 1 heterocycles. The monoisotopic (exact) mass is 381 g/mol. The van der Waals surface area contributed by atoms with Gasteiger partial charge in [-0.05, 0) is 31.9 Å². The first-order chi connectivity index (χ1) is 12.1. The van der Waals surface area contributed by atoms with E-state index in [4.69, 9.17) is 11.6 Å². The maximum absolute atomic E-state index is 13.0. The fourth-order valence-corrected chi connectivity index (χ4v) is 2.79. The molecule has 0 aliphatic carbocycles. The minimum absolute atomic E-state index is 0.0301. The van der Waals surface area contributed by atoms with Gasteiger partial charge in [0.15, 0.2) is 0 Å². The van der Waals surface area contributed by atoms with Crippen LogP contribution in [0.3, 0.4) is 0 Å². The number of alkyl halides is 1. The molecular weight excluding hydrogens is 350 g/mol. The van der Waals surface area contributed by atoms with Gasteiger partial charge in [0.2, 0.25) is 11.8 Å². The van der Waals surface area contributed by atoms with E-state index in [1.54, 1.807) is 19.9 Å². The summed E-state index contributed by atoms with van der Waals surface area (Å²) in [5.74, 6) is 0.332. The number of rotatable bonds is 10. The fourth-order valence-electron chi connectivity index (χ4n) is 2.68. The molecule has 26 heavy (non-hydrogen) atoms. The topological polar surface area (TPSA) is 45.6 Å². The maximum atomic E-state index is 13.0. The highest BCUT2D eigenvalue weighted by molar-refractivity contribution is 6.19. The molecule has 0 radical (unpaired) electrons. The highest BCUT2D eigenvalue weighted by atomic mass is 35.5. The minimum atomic E-state index is -0.716. The Hall–Kier alpha value is -1.75. The first kappa shape index (κ1) is 22.3. The summed E-state index contributed by atoms with van der Waals surface area (Å²) in [6.07, 6.45) is 3.60. The Kier molecular flexibility index (Phi) is 8.41. The third-order valence-electron chi connectivity index (χ3n) is 4.22. The third kappa shape index (κ3) is 6.20. The number of aryl methyl sites for hydroxylation is 1. The van der Waals surface area contributed by atoms with Crippen molar-refractivity contribution in [2.75, 3.05) is 25.5 Å². The molecule has 0 aromatic carbocycles. The zero-order chi connectivity index (χ0) is 19.9. The second-order valence-corrected chi connectivity index (χ2v) is 8.04. The number of hydrogen-bond acceptors (Lipinski definition) is 2. The first-order valence-corrected chi connectivity index (χ1v) is 9.50. The molecule has 5 nitrogen and oxygen atoms in total. The van der Waals surface area contributed by atoms with E-state index < -0.39 is 5.41 Å². The molecule has 1 aromatic heterocycles. The summed E-state index contributed by atoms with van der Waals surface area (Å²) in [6.45, 7) is 13.0. The molecular formula is C20H32ClN3O2. The van der Waals surface area contributed by atoms with E-state index in [1.165, 1.54) is 4.90 Å². The van der Waals surface area contributed by atoms with E-state index in [-0.39, 0.29) is 24.2 Å². The number of carbonyl (C=O) groups excluding carboxylic acids is 2. The summed E-state index contributed by atoms with van der Waals surface area (Å²) >= 11 is 5.94. The van der Waals surface area contributed by atoms with Gasteiger partial charge in [-0.1, -0.05) is 19.9 Å². The molecule has 0 saturated carbocycles. The van der Waals surface area contributed by atoms with Crippen molar-refractivity contribution in [2.24, 2.45) is 18.4 Å². The highest BCUT2D eigenvalue weighted by Crippen LogP contribution is 2.21. The predicted molar refractivity (Wildman–Crippen MR) is 107 cm³/mol. The van der Waals surface area contributed by atoms with Gasteiger partial charge in [0.25, 0.3) is 0 Å². The van der Waals surface area contributed by atoms with Crippen LogP contribution in [0, 0.1) is 11.3 Å². The summed E-state index contributed by atoms with van der Waals surface area (Å²) in [5.41, 5.74) is 0.341. The molecule has 0 spiro atoms. The van der Waals surface area contributed by atoms with Crippen molar-refractivity contribution in [2.45, 2.75) is 34.2 Å². The Morgan fingerprint density at radius 2 is 2.00 bits per heavy atom. The van der Waals surface area contributed by atoms with Crippen LogP contribution in [-0.4, -0.2) is 51.7 Å². The standard InChI is InChI=1S/C20H32ClN3O2/c1-7-10-23(19(26)20(4,5)15-21)14-18(25)24(12-16(2)3)13-17-9-8-11-22(17)6/h7-9,11,16H,1,10,12-15H2,2-6H3. The fraction of sp³-hybridized carbons (Fsp3) is 0.600. The quantitative estimate of drug-likeness (QED) is 0.461. The molecule has 1 rings (SSSR count). The molecule has 146 valence electrons. The smallest absolute Gasteiger partial charge is 0.242 e. The molecule has 1 aromatic rings. The average molecular weight is 382 g/mol. The molecule has 0 atom stereocenters. The van der Waals surface area contributed by atoms with Gasteiger partial charge in [0.05, 0.1) is 12.0 Å². The second-order valence-electron chi connectivity index (χ2n) is 7.77. The lowest BCUT2D eigenvalue weighted by Gasteiger charge is -2.32. The van der Waals surface area contributed by atoms with Crippen molar-refractivity contribution >= 4 is 23.4 Å². The van der Waals surface area contributed by atoms with Gasteiger partial charge in [0, 0.05) is 37.9 Å². The second kappa shape index (κ2) is 9.81. The minimum Gasteiger partial charge on any atom is -0.353 e. The van der Waals surface area contributed by atoms with E-state index in [2.05, 4.69) is 20.4 Å². The van der Waals surface area contributed by atoms with Crippen LogP contribution in [-0.2, 0) is 23.2 Å². The SMILES string of the molecule is C=CCN(CC(=O)N(Cc1cccn1C)CC(C)C)C(=O)C(C)(C)CCl. The molecule has 0 unspecified atom stereocenters. The molecule has 2 amide bonds. The van der Waals surface area contributed by atoms with Crippen molar-refractivity contribution < 1.29 is 9.59 Å². The van der Waals surface area contributed by atoms with Crippen LogP contribution in [0.1, 0.15) is 33.4 Å². The van der Waals surface area contributed by atoms with Crippen molar-refractivity contribution in [3.8, 4) is 0 Å². The molecule has 0 saturated heterocycles. The largest absolute Gasteiger partial charge is 0.353 e. The lowest BCUT2D eigenvalue weighted by Crippen LogP contribution is -2.48. The zero-order valence-electron chi connectivity index (χ0n) is 16.7. The molecule has 0 aliphatic heterocycles. The van der Waals surface area contributed by atoms with E-state index in [0.717, 1.165) is 5.69 Å². The maximum Gasteiger partial charge on any atom is 0.242 e. The van der Waals surface area contributed by atoms with Crippen LogP contribution >= 0.6 is 11.6 Å². The van der Waals surface area contributed by atoms with Crippen LogP contribution < -0.4 is 0 Å². The van der Waals surface area contributed by atoms with Crippen LogP contribution in [0.5, 0.6) is 0 Å². The molecule has 0 N–H and O–H groups in total. The van der Waals surface area contributed by atoms with E-state index in [0.29, 0.717) is 25.6 Å². The van der Waals surface area contributed by atoms with Gasteiger partial charge in [-0.3, -0.25) is 9.59 Å². The number of carbonyl (C=O) groups is 2. The predicted octanol–water partition coefficient (Wildman–Crippen LogP) is 3.29. The van der Waals surface area contributed by atoms with Gasteiger partial charge in [0.1, 0.15) is 6.54 Å².